The zero-order valence-electron chi connectivity index (χ0n) is 13.8. The summed E-state index contributed by atoms with van der Waals surface area (Å²) in [4.78, 5) is 24.8. The molecule has 0 atom stereocenters. The number of aromatic nitrogens is 2. The summed E-state index contributed by atoms with van der Waals surface area (Å²) < 4.78 is 8.26. The van der Waals surface area contributed by atoms with Gasteiger partial charge in [0.15, 0.2) is 5.78 Å². The normalized spacial score (nSPS) is 10.6. The van der Waals surface area contributed by atoms with E-state index in [9.17, 15) is 9.59 Å². The minimum Gasteiger partial charge on any atom is -0.497 e. The van der Waals surface area contributed by atoms with E-state index in [2.05, 4.69) is 0 Å². The predicted molar refractivity (Wildman–Crippen MR) is 92.7 cm³/mol. The van der Waals surface area contributed by atoms with Crippen LogP contribution < -0.4 is 10.4 Å². The number of ketones is 1. The van der Waals surface area contributed by atoms with E-state index >= 15 is 0 Å². The van der Waals surface area contributed by atoms with Gasteiger partial charge in [0.05, 0.1) is 18.5 Å². The summed E-state index contributed by atoms with van der Waals surface area (Å²) in [5, 5.41) is 0. The number of benzene rings is 2. The van der Waals surface area contributed by atoms with Gasteiger partial charge in [-0.3, -0.25) is 13.9 Å². The summed E-state index contributed by atoms with van der Waals surface area (Å²) in [6.07, 6.45) is 1.76. The first kappa shape index (κ1) is 15.8. The molecule has 0 saturated heterocycles. The Morgan fingerprint density at radius 3 is 2.33 bits per heavy atom. The van der Waals surface area contributed by atoms with Crippen LogP contribution in [-0.4, -0.2) is 22.0 Å². The number of carbonyl (C=O) groups excluding carboxylic acids is 1. The minimum atomic E-state index is -0.216. The van der Waals surface area contributed by atoms with Gasteiger partial charge in [0.25, 0.3) is 0 Å². The van der Waals surface area contributed by atoms with E-state index in [4.69, 9.17) is 4.74 Å². The van der Waals surface area contributed by atoms with Crippen molar-refractivity contribution >= 4 is 5.78 Å². The lowest BCUT2D eigenvalue weighted by Crippen LogP contribution is -2.23. The van der Waals surface area contributed by atoms with E-state index in [1.165, 1.54) is 6.92 Å². The van der Waals surface area contributed by atoms with Gasteiger partial charge in [0, 0.05) is 17.5 Å². The van der Waals surface area contributed by atoms with Crippen LogP contribution >= 0.6 is 0 Å². The number of nitrogens with zero attached hydrogens (tertiary/aromatic N) is 2. The second kappa shape index (κ2) is 6.20. The maximum atomic E-state index is 12.9. The molecule has 0 aliphatic heterocycles. The molecule has 0 saturated carbocycles. The van der Waals surface area contributed by atoms with Crippen molar-refractivity contribution in [3.05, 3.63) is 76.5 Å². The highest BCUT2D eigenvalue weighted by atomic mass is 16.5. The molecule has 122 valence electrons. The fourth-order valence-electron chi connectivity index (χ4n) is 2.75. The van der Waals surface area contributed by atoms with Gasteiger partial charge in [-0.05, 0) is 50.2 Å². The van der Waals surface area contributed by atoms with E-state index in [-0.39, 0.29) is 11.5 Å². The molecular weight excluding hydrogens is 304 g/mol. The summed E-state index contributed by atoms with van der Waals surface area (Å²) in [5.74, 6) is 0.652. The summed E-state index contributed by atoms with van der Waals surface area (Å²) in [6.45, 7) is 3.35. The molecule has 5 nitrogen and oxygen atoms in total. The number of Topliss-reactive ketones (excluding diaryl/α,β-unsaturated/α-hetero) is 1. The van der Waals surface area contributed by atoms with E-state index in [1.807, 2.05) is 25.1 Å². The van der Waals surface area contributed by atoms with Gasteiger partial charge in [-0.2, -0.15) is 0 Å². The van der Waals surface area contributed by atoms with Crippen LogP contribution in [0.4, 0.5) is 0 Å². The van der Waals surface area contributed by atoms with Crippen LogP contribution in [0.5, 0.6) is 5.75 Å². The molecule has 2 aromatic carbocycles. The fraction of sp³-hybridized carbons (Fsp3) is 0.158. The highest BCUT2D eigenvalue weighted by Crippen LogP contribution is 2.18. The maximum Gasteiger partial charge on any atom is 0.337 e. The van der Waals surface area contributed by atoms with Crippen molar-refractivity contribution in [2.45, 2.75) is 13.8 Å². The monoisotopic (exact) mass is 322 g/mol. The number of aryl methyl sites for hydroxylation is 1. The molecule has 3 rings (SSSR count). The van der Waals surface area contributed by atoms with Crippen LogP contribution in [0.1, 0.15) is 23.0 Å². The number of rotatable bonds is 4. The molecule has 0 bridgehead atoms. The topological polar surface area (TPSA) is 53.2 Å². The quantitative estimate of drug-likeness (QED) is 0.693. The molecule has 0 fully saturated rings. The molecule has 0 amide bonds. The average molecular weight is 322 g/mol. The molecule has 0 aliphatic rings. The van der Waals surface area contributed by atoms with E-state index in [1.54, 1.807) is 52.8 Å². The third-order valence-corrected chi connectivity index (χ3v) is 3.94. The second-order valence-electron chi connectivity index (χ2n) is 5.53. The molecular formula is C19H18N2O3. The Hall–Kier alpha value is -3.08. The highest BCUT2D eigenvalue weighted by molar-refractivity contribution is 5.97. The number of para-hydroxylation sites is 1. The van der Waals surface area contributed by atoms with Crippen molar-refractivity contribution in [2.24, 2.45) is 0 Å². The average Bonchev–Trinajstić information content (AvgIpc) is 2.89. The Kier molecular flexibility index (Phi) is 4.08. The summed E-state index contributed by atoms with van der Waals surface area (Å²) in [7, 11) is 1.60. The Morgan fingerprint density at radius 2 is 1.71 bits per heavy atom. The number of ether oxygens (including phenoxy) is 1. The molecule has 1 heterocycles. The van der Waals surface area contributed by atoms with E-state index < -0.39 is 0 Å². The molecule has 0 unspecified atom stereocenters. The van der Waals surface area contributed by atoms with Crippen molar-refractivity contribution in [1.29, 1.82) is 0 Å². The van der Waals surface area contributed by atoms with Gasteiger partial charge in [-0.15, -0.1) is 0 Å². The Bertz CT molecular complexity index is 949. The van der Waals surface area contributed by atoms with Crippen LogP contribution in [0.25, 0.3) is 11.4 Å². The highest BCUT2D eigenvalue weighted by Gasteiger charge is 2.15. The standard InChI is InChI=1S/C19H18N2O3/c1-13-12-20(15-8-10-16(24-3)11-9-15)19(23)21(13)18-7-5-4-6-17(18)14(2)22/h4-12H,1-3H3. The number of carbonyl (C=O) groups is 1. The zero-order chi connectivity index (χ0) is 17.3. The largest absolute Gasteiger partial charge is 0.497 e. The molecule has 0 aliphatic carbocycles. The fourth-order valence-corrected chi connectivity index (χ4v) is 2.75. The predicted octanol–water partition coefficient (Wildman–Crippen LogP) is 3.15. The SMILES string of the molecule is COc1ccc(-n2cc(C)n(-c3ccccc3C(C)=O)c2=O)cc1. The molecule has 5 heteroatoms. The van der Waals surface area contributed by atoms with Gasteiger partial charge in [-0.25, -0.2) is 4.79 Å². The molecule has 24 heavy (non-hydrogen) atoms. The van der Waals surface area contributed by atoms with Crippen molar-refractivity contribution < 1.29 is 9.53 Å². The lowest BCUT2D eigenvalue weighted by Gasteiger charge is -2.08. The lowest BCUT2D eigenvalue weighted by atomic mass is 10.1. The van der Waals surface area contributed by atoms with Crippen LogP contribution in [-0.2, 0) is 0 Å². The minimum absolute atomic E-state index is 0.0749. The van der Waals surface area contributed by atoms with Crippen molar-refractivity contribution in [2.75, 3.05) is 7.11 Å². The van der Waals surface area contributed by atoms with Gasteiger partial charge in [0.2, 0.25) is 0 Å². The second-order valence-corrected chi connectivity index (χ2v) is 5.53. The van der Waals surface area contributed by atoms with Gasteiger partial charge in [-0.1, -0.05) is 12.1 Å². The van der Waals surface area contributed by atoms with Gasteiger partial charge >= 0.3 is 5.69 Å². The Balaban J connectivity index is 2.17. The van der Waals surface area contributed by atoms with Crippen LogP contribution in [0, 0.1) is 6.92 Å². The smallest absolute Gasteiger partial charge is 0.337 e. The number of hydrogen-bond donors (Lipinski definition) is 0. The first-order valence-electron chi connectivity index (χ1n) is 7.58. The number of imidazole rings is 1. The Labute approximate surface area is 139 Å². The number of hydrogen-bond acceptors (Lipinski definition) is 3. The van der Waals surface area contributed by atoms with Crippen molar-refractivity contribution in [3.8, 4) is 17.1 Å². The zero-order valence-corrected chi connectivity index (χ0v) is 13.8. The third kappa shape index (κ3) is 2.65. The van der Waals surface area contributed by atoms with Crippen molar-refractivity contribution in [3.63, 3.8) is 0 Å². The summed E-state index contributed by atoms with van der Waals surface area (Å²) in [5.41, 5.74) is 2.40. The van der Waals surface area contributed by atoms with E-state index in [0.29, 0.717) is 11.3 Å². The molecule has 3 aromatic rings. The Morgan fingerprint density at radius 1 is 1.04 bits per heavy atom. The number of methoxy groups -OCH3 is 1. The third-order valence-electron chi connectivity index (χ3n) is 3.94. The van der Waals surface area contributed by atoms with Gasteiger partial charge < -0.3 is 4.74 Å². The van der Waals surface area contributed by atoms with Crippen LogP contribution in [0.3, 0.4) is 0 Å². The summed E-state index contributed by atoms with van der Waals surface area (Å²) >= 11 is 0. The van der Waals surface area contributed by atoms with Crippen LogP contribution in [0.15, 0.2) is 59.5 Å². The first-order valence-corrected chi connectivity index (χ1v) is 7.58. The van der Waals surface area contributed by atoms with Crippen LogP contribution in [0.2, 0.25) is 0 Å². The van der Waals surface area contributed by atoms with E-state index in [0.717, 1.165) is 17.1 Å². The van der Waals surface area contributed by atoms with Crippen molar-refractivity contribution in [1.82, 2.24) is 9.13 Å². The molecule has 0 spiro atoms. The van der Waals surface area contributed by atoms with Gasteiger partial charge in [0.1, 0.15) is 5.75 Å². The maximum absolute atomic E-state index is 12.9. The molecule has 0 radical (unpaired) electrons. The summed E-state index contributed by atoms with van der Waals surface area (Å²) in [6, 6.07) is 14.4. The first-order chi connectivity index (χ1) is 11.5. The molecule has 0 N–H and O–H groups in total. The lowest BCUT2D eigenvalue weighted by molar-refractivity contribution is 0.101. The molecule has 1 aromatic heterocycles.